The van der Waals surface area contributed by atoms with E-state index in [1.54, 1.807) is 12.3 Å². The second-order valence-electron chi connectivity index (χ2n) is 7.39. The van der Waals surface area contributed by atoms with Crippen LogP contribution < -0.4 is 10.9 Å². The van der Waals surface area contributed by atoms with E-state index >= 15 is 0 Å². The van der Waals surface area contributed by atoms with Crippen molar-refractivity contribution in [1.82, 2.24) is 15.2 Å². The van der Waals surface area contributed by atoms with E-state index in [1.807, 2.05) is 66.4 Å². The highest BCUT2D eigenvalue weighted by molar-refractivity contribution is 7.80. The van der Waals surface area contributed by atoms with Crippen molar-refractivity contribution in [2.24, 2.45) is 0 Å². The SMILES string of the molecule is Cc1cc2cc(CN(Cc3ccco3)C(=S)NCc3ccccc3)c(=O)[nH]c2cc1Cl. The van der Waals surface area contributed by atoms with Gasteiger partial charge in [0.15, 0.2) is 5.11 Å². The molecule has 2 N–H and O–H groups in total. The summed E-state index contributed by atoms with van der Waals surface area (Å²) in [4.78, 5) is 17.6. The normalized spacial score (nSPS) is 10.9. The molecule has 0 fully saturated rings. The monoisotopic (exact) mass is 451 g/mol. The first-order valence-corrected chi connectivity index (χ1v) is 10.7. The third-order valence-corrected chi connectivity index (χ3v) is 5.87. The molecule has 0 bridgehead atoms. The van der Waals surface area contributed by atoms with E-state index in [2.05, 4.69) is 10.3 Å². The number of nitrogens with zero attached hydrogens (tertiary/aromatic N) is 1. The summed E-state index contributed by atoms with van der Waals surface area (Å²) in [5, 5.41) is 5.39. The number of aromatic amines is 1. The molecule has 0 saturated heterocycles. The molecule has 0 unspecified atom stereocenters. The van der Waals surface area contributed by atoms with E-state index in [0.717, 1.165) is 22.3 Å². The zero-order chi connectivity index (χ0) is 21.8. The molecule has 0 aliphatic carbocycles. The molecule has 0 spiro atoms. The van der Waals surface area contributed by atoms with Crippen LogP contribution >= 0.6 is 23.8 Å². The topological polar surface area (TPSA) is 61.3 Å². The Morgan fingerprint density at radius 3 is 2.68 bits per heavy atom. The minimum absolute atomic E-state index is 0.164. The number of fused-ring (bicyclic) bond motifs is 1. The van der Waals surface area contributed by atoms with Crippen molar-refractivity contribution in [3.05, 3.63) is 105 Å². The third-order valence-electron chi connectivity index (χ3n) is 5.06. The van der Waals surface area contributed by atoms with Crippen molar-refractivity contribution in [2.45, 2.75) is 26.6 Å². The summed E-state index contributed by atoms with van der Waals surface area (Å²) in [6.07, 6.45) is 1.63. The van der Waals surface area contributed by atoms with Crippen molar-refractivity contribution in [3.63, 3.8) is 0 Å². The van der Waals surface area contributed by atoms with Crippen molar-refractivity contribution in [2.75, 3.05) is 0 Å². The Balaban J connectivity index is 1.59. The molecule has 158 valence electrons. The number of benzene rings is 2. The lowest BCUT2D eigenvalue weighted by molar-refractivity contribution is 0.350. The van der Waals surface area contributed by atoms with Gasteiger partial charge in [0, 0.05) is 22.6 Å². The maximum absolute atomic E-state index is 12.8. The number of hydrogen-bond acceptors (Lipinski definition) is 3. The largest absolute Gasteiger partial charge is 0.467 e. The molecule has 2 aromatic heterocycles. The summed E-state index contributed by atoms with van der Waals surface area (Å²) in [6, 6.07) is 19.4. The van der Waals surface area contributed by atoms with Gasteiger partial charge in [0.2, 0.25) is 0 Å². The van der Waals surface area contributed by atoms with Gasteiger partial charge in [-0.1, -0.05) is 41.9 Å². The van der Waals surface area contributed by atoms with Crippen LogP contribution in [0, 0.1) is 6.92 Å². The van der Waals surface area contributed by atoms with E-state index < -0.39 is 0 Å². The molecule has 2 heterocycles. The predicted octanol–water partition coefficient (Wildman–Crippen LogP) is 5.16. The van der Waals surface area contributed by atoms with Crippen molar-refractivity contribution < 1.29 is 4.42 Å². The van der Waals surface area contributed by atoms with E-state index in [0.29, 0.717) is 40.8 Å². The lowest BCUT2D eigenvalue weighted by Gasteiger charge is -2.25. The maximum Gasteiger partial charge on any atom is 0.253 e. The Kier molecular flexibility index (Phi) is 6.39. The molecule has 0 atom stereocenters. The van der Waals surface area contributed by atoms with Crippen LogP contribution in [-0.4, -0.2) is 15.0 Å². The van der Waals surface area contributed by atoms with E-state index in [-0.39, 0.29) is 5.56 Å². The number of hydrogen-bond donors (Lipinski definition) is 2. The summed E-state index contributed by atoms with van der Waals surface area (Å²) >= 11 is 11.9. The molecule has 2 aromatic carbocycles. The Labute approximate surface area is 190 Å². The number of furan rings is 1. The lowest BCUT2D eigenvalue weighted by Crippen LogP contribution is -2.39. The fourth-order valence-corrected chi connectivity index (χ4v) is 3.75. The molecule has 7 heteroatoms. The number of H-pyrrole nitrogens is 1. The second-order valence-corrected chi connectivity index (χ2v) is 8.19. The molecular weight excluding hydrogens is 430 g/mol. The minimum atomic E-state index is -0.164. The van der Waals surface area contributed by atoms with Gasteiger partial charge in [-0.15, -0.1) is 0 Å². The third kappa shape index (κ3) is 5.16. The van der Waals surface area contributed by atoms with Crippen LogP contribution in [0.5, 0.6) is 0 Å². The van der Waals surface area contributed by atoms with Crippen LogP contribution in [-0.2, 0) is 19.6 Å². The van der Waals surface area contributed by atoms with E-state index in [9.17, 15) is 4.79 Å². The fourth-order valence-electron chi connectivity index (χ4n) is 3.39. The van der Waals surface area contributed by atoms with Gasteiger partial charge in [-0.2, -0.15) is 0 Å². The number of aryl methyl sites for hydroxylation is 1. The van der Waals surface area contributed by atoms with Crippen LogP contribution in [0.1, 0.15) is 22.5 Å². The Morgan fingerprint density at radius 2 is 1.94 bits per heavy atom. The molecule has 4 aromatic rings. The summed E-state index contributed by atoms with van der Waals surface area (Å²) in [5.41, 5.74) is 3.25. The maximum atomic E-state index is 12.8. The average molecular weight is 452 g/mol. The highest BCUT2D eigenvalue weighted by atomic mass is 35.5. The van der Waals surface area contributed by atoms with Crippen LogP contribution in [0.25, 0.3) is 10.9 Å². The summed E-state index contributed by atoms with van der Waals surface area (Å²) in [6.45, 7) is 3.33. The van der Waals surface area contributed by atoms with Gasteiger partial charge in [0.1, 0.15) is 5.76 Å². The Bertz CT molecular complexity index is 1250. The van der Waals surface area contributed by atoms with Crippen molar-refractivity contribution in [1.29, 1.82) is 0 Å². The van der Waals surface area contributed by atoms with Gasteiger partial charge in [0.05, 0.1) is 19.4 Å². The van der Waals surface area contributed by atoms with E-state index in [1.165, 1.54) is 0 Å². The first-order chi connectivity index (χ1) is 15.0. The van der Waals surface area contributed by atoms with Crippen LogP contribution in [0.15, 0.2) is 76.1 Å². The van der Waals surface area contributed by atoms with Crippen LogP contribution in [0.3, 0.4) is 0 Å². The minimum Gasteiger partial charge on any atom is -0.467 e. The Morgan fingerprint density at radius 1 is 1.13 bits per heavy atom. The molecule has 0 saturated carbocycles. The number of pyridine rings is 1. The first-order valence-electron chi connectivity index (χ1n) is 9.91. The molecule has 4 rings (SSSR count). The highest BCUT2D eigenvalue weighted by Crippen LogP contribution is 2.22. The number of rotatable bonds is 6. The number of thiocarbonyl (C=S) groups is 1. The summed E-state index contributed by atoms with van der Waals surface area (Å²) < 4.78 is 5.51. The zero-order valence-electron chi connectivity index (χ0n) is 17.0. The second kappa shape index (κ2) is 9.37. The van der Waals surface area contributed by atoms with Crippen molar-refractivity contribution in [3.8, 4) is 0 Å². The quantitative estimate of drug-likeness (QED) is 0.396. The van der Waals surface area contributed by atoms with E-state index in [4.69, 9.17) is 28.2 Å². The van der Waals surface area contributed by atoms with Gasteiger partial charge in [-0.3, -0.25) is 4.79 Å². The predicted molar refractivity (Wildman–Crippen MR) is 128 cm³/mol. The van der Waals surface area contributed by atoms with Crippen LogP contribution in [0.4, 0.5) is 0 Å². The Hall–Kier alpha value is -3.09. The molecule has 0 aliphatic rings. The molecule has 31 heavy (non-hydrogen) atoms. The lowest BCUT2D eigenvalue weighted by atomic mass is 10.1. The molecule has 5 nitrogen and oxygen atoms in total. The van der Waals surface area contributed by atoms with Gasteiger partial charge in [-0.05, 0) is 66.0 Å². The number of nitrogens with one attached hydrogen (secondary N) is 2. The van der Waals surface area contributed by atoms with Gasteiger partial charge in [0.25, 0.3) is 5.56 Å². The first kappa shape index (κ1) is 21.2. The molecular formula is C24H22ClN3O2S. The van der Waals surface area contributed by atoms with Crippen LogP contribution in [0.2, 0.25) is 5.02 Å². The zero-order valence-corrected chi connectivity index (χ0v) is 18.6. The fraction of sp³-hybridized carbons (Fsp3) is 0.167. The smallest absolute Gasteiger partial charge is 0.253 e. The van der Waals surface area contributed by atoms with Gasteiger partial charge < -0.3 is 19.6 Å². The summed E-state index contributed by atoms with van der Waals surface area (Å²) in [7, 11) is 0. The molecule has 0 radical (unpaired) electrons. The van der Waals surface area contributed by atoms with Gasteiger partial charge >= 0.3 is 0 Å². The van der Waals surface area contributed by atoms with Gasteiger partial charge in [-0.25, -0.2) is 0 Å². The highest BCUT2D eigenvalue weighted by Gasteiger charge is 2.15. The average Bonchev–Trinajstić information content (AvgIpc) is 3.27. The summed E-state index contributed by atoms with van der Waals surface area (Å²) in [5.74, 6) is 0.767. The van der Waals surface area contributed by atoms with Crippen molar-refractivity contribution >= 4 is 39.8 Å². The standard InChI is InChI=1S/C24H22ClN3O2S/c1-16-10-18-11-19(23(29)27-22(18)12-21(16)25)14-28(15-20-8-5-9-30-20)24(31)26-13-17-6-3-2-4-7-17/h2-12H,13-15H2,1H3,(H,26,31)(H,27,29). The molecule has 0 amide bonds. The number of aromatic nitrogens is 1. The number of halogens is 1. The molecule has 0 aliphatic heterocycles.